The van der Waals surface area contributed by atoms with Crippen molar-refractivity contribution in [1.29, 1.82) is 0 Å². The van der Waals surface area contributed by atoms with Crippen LogP contribution >= 0.6 is 11.6 Å². The van der Waals surface area contributed by atoms with E-state index in [9.17, 15) is 17.6 Å². The summed E-state index contributed by atoms with van der Waals surface area (Å²) >= 11 is 5.76. The summed E-state index contributed by atoms with van der Waals surface area (Å²) < 4.78 is 41.0. The monoisotopic (exact) mass is 446 g/mol. The second kappa shape index (κ2) is 8.34. The molecule has 1 saturated heterocycles. The predicted molar refractivity (Wildman–Crippen MR) is 115 cm³/mol. The molecule has 1 heterocycles. The molecule has 1 aliphatic heterocycles. The maximum Gasteiger partial charge on any atom is 0.243 e. The number of hydrogen-bond donors (Lipinski definition) is 1. The molecular formula is C22H20ClFN2O3S. The molecule has 0 aliphatic carbocycles. The summed E-state index contributed by atoms with van der Waals surface area (Å²) in [7, 11) is -3.72. The summed E-state index contributed by atoms with van der Waals surface area (Å²) in [6.45, 7) is 0.456. The molecule has 1 atom stereocenters. The Morgan fingerprint density at radius 3 is 2.60 bits per heavy atom. The van der Waals surface area contributed by atoms with Crippen LogP contribution in [0.15, 0.2) is 65.6 Å². The van der Waals surface area contributed by atoms with Gasteiger partial charge in [-0.05, 0) is 53.9 Å². The van der Waals surface area contributed by atoms with Gasteiger partial charge < -0.3 is 5.32 Å². The minimum Gasteiger partial charge on any atom is -0.326 e. The van der Waals surface area contributed by atoms with E-state index in [0.29, 0.717) is 25.1 Å². The maximum atomic E-state index is 13.3. The van der Waals surface area contributed by atoms with E-state index >= 15 is 0 Å². The van der Waals surface area contributed by atoms with Gasteiger partial charge in [0.05, 0.1) is 15.8 Å². The fourth-order valence-electron chi connectivity index (χ4n) is 3.67. The Labute approximate surface area is 179 Å². The van der Waals surface area contributed by atoms with Gasteiger partial charge in [0.2, 0.25) is 15.9 Å². The van der Waals surface area contributed by atoms with Gasteiger partial charge in [-0.1, -0.05) is 41.9 Å². The average molecular weight is 447 g/mol. The van der Waals surface area contributed by atoms with E-state index in [1.807, 2.05) is 24.3 Å². The first-order valence-corrected chi connectivity index (χ1v) is 11.4. The minimum atomic E-state index is -3.72. The van der Waals surface area contributed by atoms with E-state index < -0.39 is 21.8 Å². The third-order valence-electron chi connectivity index (χ3n) is 5.30. The molecule has 1 amide bonds. The van der Waals surface area contributed by atoms with E-state index in [0.717, 1.165) is 10.8 Å². The number of rotatable bonds is 4. The van der Waals surface area contributed by atoms with Crippen molar-refractivity contribution in [3.05, 3.63) is 71.5 Å². The van der Waals surface area contributed by atoms with Crippen molar-refractivity contribution < 1.29 is 17.6 Å². The molecule has 4 rings (SSSR count). The van der Waals surface area contributed by atoms with Crippen molar-refractivity contribution in [2.75, 3.05) is 18.4 Å². The number of nitrogens with one attached hydrogen (secondary N) is 1. The van der Waals surface area contributed by atoms with Crippen LogP contribution in [-0.2, 0) is 14.8 Å². The van der Waals surface area contributed by atoms with Gasteiger partial charge in [0.25, 0.3) is 0 Å². The van der Waals surface area contributed by atoms with Gasteiger partial charge >= 0.3 is 0 Å². The van der Waals surface area contributed by atoms with E-state index in [4.69, 9.17) is 11.6 Å². The zero-order valence-electron chi connectivity index (χ0n) is 16.0. The maximum absolute atomic E-state index is 13.3. The molecule has 0 radical (unpaired) electrons. The number of amides is 1. The summed E-state index contributed by atoms with van der Waals surface area (Å²) in [6.07, 6.45) is 1.15. The van der Waals surface area contributed by atoms with Crippen molar-refractivity contribution in [3.8, 4) is 0 Å². The first kappa shape index (κ1) is 20.8. The van der Waals surface area contributed by atoms with E-state index in [1.165, 1.54) is 22.5 Å². The lowest BCUT2D eigenvalue weighted by Gasteiger charge is -2.31. The van der Waals surface area contributed by atoms with Gasteiger partial charge in [-0.2, -0.15) is 4.31 Å². The van der Waals surface area contributed by atoms with Crippen LogP contribution in [0.3, 0.4) is 0 Å². The van der Waals surface area contributed by atoms with Gasteiger partial charge in [-0.25, -0.2) is 12.8 Å². The largest absolute Gasteiger partial charge is 0.326 e. The van der Waals surface area contributed by atoms with Crippen molar-refractivity contribution >= 4 is 44.0 Å². The van der Waals surface area contributed by atoms with Crippen LogP contribution in [0.25, 0.3) is 10.8 Å². The Morgan fingerprint density at radius 1 is 1.07 bits per heavy atom. The molecule has 0 unspecified atom stereocenters. The van der Waals surface area contributed by atoms with Gasteiger partial charge in [-0.15, -0.1) is 0 Å². The van der Waals surface area contributed by atoms with Crippen molar-refractivity contribution in [1.82, 2.24) is 4.31 Å². The molecule has 1 aliphatic rings. The molecule has 156 valence electrons. The van der Waals surface area contributed by atoms with Crippen LogP contribution in [0.5, 0.6) is 0 Å². The highest BCUT2D eigenvalue weighted by molar-refractivity contribution is 7.89. The fraction of sp³-hybridized carbons (Fsp3) is 0.227. The van der Waals surface area contributed by atoms with Crippen LogP contribution < -0.4 is 5.32 Å². The van der Waals surface area contributed by atoms with Crippen LogP contribution in [0.1, 0.15) is 12.8 Å². The molecule has 0 spiro atoms. The number of anilines is 1. The summed E-state index contributed by atoms with van der Waals surface area (Å²) in [5.41, 5.74) is 0.376. The molecule has 5 nitrogen and oxygen atoms in total. The van der Waals surface area contributed by atoms with E-state index in [2.05, 4.69) is 5.32 Å². The normalized spacial score (nSPS) is 17.7. The number of piperidine rings is 1. The third kappa shape index (κ3) is 4.19. The number of benzene rings is 3. The van der Waals surface area contributed by atoms with Gasteiger partial charge in [0, 0.05) is 18.8 Å². The number of carbonyl (C=O) groups excluding carboxylic acids is 1. The molecule has 1 N–H and O–H groups in total. The Balaban J connectivity index is 1.51. The van der Waals surface area contributed by atoms with Crippen LogP contribution in [0, 0.1) is 11.7 Å². The fourth-order valence-corrected chi connectivity index (χ4v) is 5.41. The summed E-state index contributed by atoms with van der Waals surface area (Å²) in [6, 6.07) is 16.5. The number of fused-ring (bicyclic) bond motifs is 1. The number of halogens is 2. The topological polar surface area (TPSA) is 66.5 Å². The lowest BCUT2D eigenvalue weighted by atomic mass is 9.99. The number of hydrogen-bond acceptors (Lipinski definition) is 3. The molecular weight excluding hydrogens is 427 g/mol. The quantitative estimate of drug-likeness (QED) is 0.633. The van der Waals surface area contributed by atoms with Crippen molar-refractivity contribution in [3.63, 3.8) is 0 Å². The SMILES string of the molecule is O=C(Nc1ccc(F)c(Cl)c1)[C@H]1CCCN(S(=O)(=O)c2ccc3ccccc3c2)C1. The molecule has 1 fully saturated rings. The average Bonchev–Trinajstić information content (AvgIpc) is 2.76. The lowest BCUT2D eigenvalue weighted by Crippen LogP contribution is -2.43. The first-order valence-electron chi connectivity index (χ1n) is 9.59. The standard InChI is InChI=1S/C22H20ClFN2O3S/c23-20-13-18(8-10-21(20)24)25-22(27)17-6-3-11-26(14-17)30(28,29)19-9-7-15-4-1-2-5-16(15)12-19/h1-2,4-5,7-10,12-13,17H,3,6,11,14H2,(H,25,27)/t17-/m0/s1. The summed E-state index contributed by atoms with van der Waals surface area (Å²) in [4.78, 5) is 12.9. The third-order valence-corrected chi connectivity index (χ3v) is 7.45. The van der Waals surface area contributed by atoms with Gasteiger partial charge in [0.15, 0.2) is 0 Å². The molecule has 8 heteroatoms. The predicted octanol–water partition coefficient (Wildman–Crippen LogP) is 4.67. The Hall–Kier alpha value is -2.48. The molecule has 3 aromatic rings. The molecule has 0 aromatic heterocycles. The highest BCUT2D eigenvalue weighted by Crippen LogP contribution is 2.27. The zero-order valence-corrected chi connectivity index (χ0v) is 17.6. The molecule has 0 bridgehead atoms. The molecule has 3 aromatic carbocycles. The minimum absolute atomic E-state index is 0.0862. The zero-order chi connectivity index (χ0) is 21.3. The molecule has 0 saturated carbocycles. The second-order valence-corrected chi connectivity index (χ2v) is 9.67. The van der Waals surface area contributed by atoms with E-state index in [-0.39, 0.29) is 22.4 Å². The highest BCUT2D eigenvalue weighted by atomic mass is 35.5. The number of carbonyl (C=O) groups is 1. The van der Waals surface area contributed by atoms with Crippen LogP contribution in [-0.4, -0.2) is 31.7 Å². The number of nitrogens with zero attached hydrogens (tertiary/aromatic N) is 1. The first-order chi connectivity index (χ1) is 14.3. The molecule has 30 heavy (non-hydrogen) atoms. The second-order valence-electron chi connectivity index (χ2n) is 7.33. The van der Waals surface area contributed by atoms with Gasteiger partial charge in [-0.3, -0.25) is 4.79 Å². The Kier molecular flexibility index (Phi) is 5.77. The smallest absolute Gasteiger partial charge is 0.243 e. The summed E-state index contributed by atoms with van der Waals surface area (Å²) in [5, 5.41) is 4.43. The lowest BCUT2D eigenvalue weighted by molar-refractivity contribution is -0.120. The summed E-state index contributed by atoms with van der Waals surface area (Å²) in [5.74, 6) is -1.38. The van der Waals surface area contributed by atoms with E-state index in [1.54, 1.807) is 18.2 Å². The van der Waals surface area contributed by atoms with Crippen LogP contribution in [0.4, 0.5) is 10.1 Å². The van der Waals surface area contributed by atoms with Crippen molar-refractivity contribution in [2.45, 2.75) is 17.7 Å². The van der Waals surface area contributed by atoms with Crippen LogP contribution in [0.2, 0.25) is 5.02 Å². The Morgan fingerprint density at radius 2 is 1.83 bits per heavy atom. The highest BCUT2D eigenvalue weighted by Gasteiger charge is 2.33. The Bertz CT molecular complexity index is 1220. The van der Waals surface area contributed by atoms with Crippen molar-refractivity contribution in [2.24, 2.45) is 5.92 Å². The van der Waals surface area contributed by atoms with Gasteiger partial charge in [0.1, 0.15) is 5.82 Å². The number of sulfonamides is 1.